The number of nitrogens with zero attached hydrogens (tertiary/aromatic N) is 3. The molecule has 218 valence electrons. The average Bonchev–Trinajstić information content (AvgIpc) is 3.33. The highest BCUT2D eigenvalue weighted by molar-refractivity contribution is 6.03. The van der Waals surface area contributed by atoms with Gasteiger partial charge >= 0.3 is 6.18 Å². The molecule has 3 aromatic rings. The molecule has 0 radical (unpaired) electrons. The molecule has 0 aliphatic heterocycles. The number of hydrogen-bond acceptors (Lipinski definition) is 6. The first-order chi connectivity index (χ1) is 19.2. The number of carbonyl (C=O) groups excluding carboxylic acids is 2. The van der Waals surface area contributed by atoms with Crippen LogP contribution in [0, 0.1) is 17.0 Å². The Labute approximate surface area is 230 Å². The third-order valence-corrected chi connectivity index (χ3v) is 9.18. The van der Waals surface area contributed by atoms with Crippen LogP contribution in [0.15, 0.2) is 22.7 Å². The van der Waals surface area contributed by atoms with Crippen LogP contribution in [0.25, 0.3) is 11.3 Å². The van der Waals surface area contributed by atoms with E-state index in [4.69, 9.17) is 16.0 Å². The summed E-state index contributed by atoms with van der Waals surface area (Å²) in [6, 6.07) is 3.76. The van der Waals surface area contributed by atoms with Crippen LogP contribution < -0.4 is 16.8 Å². The molecule has 0 spiro atoms. The highest BCUT2D eigenvalue weighted by Gasteiger charge is 2.67. The number of halogens is 5. The molecule has 3 aliphatic rings. The Bertz CT molecular complexity index is 1580. The van der Waals surface area contributed by atoms with Crippen molar-refractivity contribution in [2.45, 2.75) is 75.4 Å². The van der Waals surface area contributed by atoms with Crippen LogP contribution in [0.3, 0.4) is 0 Å². The molecule has 6 rings (SSSR count). The lowest BCUT2D eigenvalue weighted by Gasteiger charge is -2.29. The second-order valence-corrected chi connectivity index (χ2v) is 11.8. The van der Waals surface area contributed by atoms with Gasteiger partial charge in [0.25, 0.3) is 5.91 Å². The summed E-state index contributed by atoms with van der Waals surface area (Å²) >= 11 is 0. The number of amides is 2. The molecule has 5 N–H and O–H groups in total. The minimum atomic E-state index is -4.30. The van der Waals surface area contributed by atoms with E-state index >= 15 is 8.78 Å². The number of benzene rings is 1. The standard InChI is InChI=1S/C27H27F5N6O3/c1-24(4-5-24)38-22(33)18(23(34)40)21(36-38)14-3-2-13(19(28)20(14)29)10-16(39)35-17-11-15(37-41-17)25-6-8-26(12-25,9-7-25)27(30,31)32/h2-3,11H,4-10,12,33H2,1H3,(H2,34,40)(H,35,39). The Hall–Kier alpha value is -3.97. The molecule has 3 fully saturated rings. The summed E-state index contributed by atoms with van der Waals surface area (Å²) in [6.45, 7) is 1.86. The van der Waals surface area contributed by atoms with Crippen LogP contribution in [0.2, 0.25) is 0 Å². The van der Waals surface area contributed by atoms with Crippen molar-refractivity contribution in [3.05, 3.63) is 46.7 Å². The molecule has 0 atom stereocenters. The van der Waals surface area contributed by atoms with Crippen molar-refractivity contribution >= 4 is 23.5 Å². The van der Waals surface area contributed by atoms with Crippen LogP contribution in [-0.4, -0.2) is 32.9 Å². The Kier molecular flexibility index (Phi) is 5.82. The van der Waals surface area contributed by atoms with E-state index in [0.29, 0.717) is 18.5 Å². The first-order valence-corrected chi connectivity index (χ1v) is 13.2. The molecule has 14 heteroatoms. The number of fused-ring (bicyclic) bond motifs is 2. The lowest BCUT2D eigenvalue weighted by atomic mass is 9.80. The van der Waals surface area contributed by atoms with Gasteiger partial charge in [-0.05, 0) is 57.9 Å². The van der Waals surface area contributed by atoms with Gasteiger partial charge in [-0.1, -0.05) is 11.2 Å². The highest BCUT2D eigenvalue weighted by Crippen LogP contribution is 2.67. The molecule has 1 aromatic carbocycles. The Balaban J connectivity index is 1.19. The second kappa shape index (κ2) is 8.76. The smallest absolute Gasteiger partial charge is 0.383 e. The van der Waals surface area contributed by atoms with Gasteiger partial charge in [0.05, 0.1) is 23.1 Å². The maximum absolute atomic E-state index is 15.2. The SMILES string of the molecule is CC1(n2nc(-c3ccc(CC(=O)Nc4cc(C56CCC(C(F)(F)F)(CC5)C6)no4)c(F)c3F)c(C(N)=O)c2N)CC1. The van der Waals surface area contributed by atoms with E-state index in [-0.39, 0.29) is 53.3 Å². The fourth-order valence-corrected chi connectivity index (χ4v) is 6.45. The van der Waals surface area contributed by atoms with Gasteiger partial charge in [0.15, 0.2) is 11.6 Å². The van der Waals surface area contributed by atoms with Crippen LogP contribution >= 0.6 is 0 Å². The summed E-state index contributed by atoms with van der Waals surface area (Å²) in [5.74, 6) is -4.50. The van der Waals surface area contributed by atoms with Crippen molar-refractivity contribution < 1.29 is 36.1 Å². The van der Waals surface area contributed by atoms with E-state index in [0.717, 1.165) is 12.8 Å². The molecule has 3 aliphatic carbocycles. The zero-order chi connectivity index (χ0) is 29.5. The molecule has 2 bridgehead atoms. The number of nitrogens with one attached hydrogen (secondary N) is 1. The number of nitrogens with two attached hydrogens (primary N) is 2. The quantitative estimate of drug-likeness (QED) is 0.339. The van der Waals surface area contributed by atoms with Crippen molar-refractivity contribution in [1.29, 1.82) is 0 Å². The predicted molar refractivity (Wildman–Crippen MR) is 135 cm³/mol. The van der Waals surface area contributed by atoms with Gasteiger partial charge in [-0.3, -0.25) is 14.9 Å². The molecule has 0 unspecified atom stereocenters. The van der Waals surface area contributed by atoms with Crippen molar-refractivity contribution in [2.75, 3.05) is 11.1 Å². The van der Waals surface area contributed by atoms with Crippen LogP contribution in [0.4, 0.5) is 33.7 Å². The van der Waals surface area contributed by atoms with Crippen molar-refractivity contribution in [3.8, 4) is 11.3 Å². The number of nitrogen functional groups attached to an aromatic ring is 1. The maximum Gasteiger partial charge on any atom is 0.394 e. The van der Waals surface area contributed by atoms with E-state index in [2.05, 4.69) is 15.6 Å². The van der Waals surface area contributed by atoms with Crippen LogP contribution in [0.1, 0.15) is 73.5 Å². The number of rotatable bonds is 7. The Morgan fingerprint density at radius 1 is 1.10 bits per heavy atom. The van der Waals surface area contributed by atoms with Crippen molar-refractivity contribution in [1.82, 2.24) is 14.9 Å². The van der Waals surface area contributed by atoms with E-state index in [9.17, 15) is 22.8 Å². The minimum Gasteiger partial charge on any atom is -0.383 e. The van der Waals surface area contributed by atoms with E-state index in [1.54, 1.807) is 0 Å². The van der Waals surface area contributed by atoms with Gasteiger partial charge in [-0.15, -0.1) is 0 Å². The number of anilines is 2. The first kappa shape index (κ1) is 27.2. The zero-order valence-electron chi connectivity index (χ0n) is 22.0. The Morgan fingerprint density at radius 2 is 1.78 bits per heavy atom. The minimum absolute atomic E-state index is 0.0129. The van der Waals surface area contributed by atoms with Crippen molar-refractivity contribution in [3.63, 3.8) is 0 Å². The zero-order valence-corrected chi connectivity index (χ0v) is 22.0. The van der Waals surface area contributed by atoms with Gasteiger partial charge in [-0.25, -0.2) is 13.5 Å². The number of aromatic nitrogens is 3. The molecular weight excluding hydrogens is 551 g/mol. The molecule has 2 aromatic heterocycles. The monoisotopic (exact) mass is 578 g/mol. The summed E-state index contributed by atoms with van der Waals surface area (Å²) in [6.07, 6.45) is -2.84. The molecule has 9 nitrogen and oxygen atoms in total. The summed E-state index contributed by atoms with van der Waals surface area (Å²) in [5, 5.41) is 10.6. The van der Waals surface area contributed by atoms with Crippen LogP contribution in [-0.2, 0) is 22.2 Å². The van der Waals surface area contributed by atoms with Gasteiger partial charge in [0.2, 0.25) is 11.8 Å². The van der Waals surface area contributed by atoms with E-state index < -0.39 is 52.4 Å². The molecule has 0 saturated heterocycles. The lowest BCUT2D eigenvalue weighted by molar-refractivity contribution is -0.220. The lowest BCUT2D eigenvalue weighted by Crippen LogP contribution is -2.33. The van der Waals surface area contributed by atoms with Gasteiger partial charge in [-0.2, -0.15) is 18.3 Å². The Morgan fingerprint density at radius 3 is 2.37 bits per heavy atom. The molecule has 3 saturated carbocycles. The third kappa shape index (κ3) is 4.17. The average molecular weight is 579 g/mol. The number of hydrogen-bond donors (Lipinski definition) is 3. The van der Waals surface area contributed by atoms with E-state index in [1.807, 2.05) is 6.92 Å². The van der Waals surface area contributed by atoms with Gasteiger partial charge in [0.1, 0.15) is 17.1 Å². The molecule has 41 heavy (non-hydrogen) atoms. The molecule has 2 heterocycles. The van der Waals surface area contributed by atoms with Gasteiger partial charge in [0, 0.05) is 22.6 Å². The van der Waals surface area contributed by atoms with Crippen molar-refractivity contribution in [2.24, 2.45) is 11.1 Å². The van der Waals surface area contributed by atoms with Crippen LogP contribution in [0.5, 0.6) is 0 Å². The largest absolute Gasteiger partial charge is 0.394 e. The third-order valence-electron chi connectivity index (χ3n) is 9.18. The second-order valence-electron chi connectivity index (χ2n) is 11.8. The molecular formula is C27H27F5N6O3. The highest BCUT2D eigenvalue weighted by atomic mass is 19.4. The number of alkyl halides is 3. The van der Waals surface area contributed by atoms with Gasteiger partial charge < -0.3 is 16.0 Å². The fourth-order valence-electron chi connectivity index (χ4n) is 6.45. The maximum atomic E-state index is 15.2. The summed E-state index contributed by atoms with van der Waals surface area (Å²) in [5.41, 5.74) is 7.90. The fraction of sp³-hybridized carbons (Fsp3) is 0.481. The number of primary amides is 1. The first-order valence-electron chi connectivity index (χ1n) is 13.2. The summed E-state index contributed by atoms with van der Waals surface area (Å²) in [7, 11) is 0. The number of carbonyl (C=O) groups is 2. The van der Waals surface area contributed by atoms with E-state index in [1.165, 1.54) is 22.9 Å². The predicted octanol–water partition coefficient (Wildman–Crippen LogP) is 4.95. The topological polar surface area (TPSA) is 142 Å². The molecule has 2 amide bonds. The summed E-state index contributed by atoms with van der Waals surface area (Å²) in [4.78, 5) is 24.8. The normalized spacial score (nSPS) is 24.5. The summed E-state index contributed by atoms with van der Waals surface area (Å²) < 4.78 is 77.8.